The van der Waals surface area contributed by atoms with Crippen LogP contribution in [0, 0.1) is 0 Å². The first-order valence-electron chi connectivity index (χ1n) is 5.19. The lowest BCUT2D eigenvalue weighted by molar-refractivity contribution is -0.140. The highest BCUT2D eigenvalue weighted by Gasteiger charge is 2.24. The monoisotopic (exact) mass is 246 g/mol. The van der Waals surface area contributed by atoms with Crippen LogP contribution in [-0.4, -0.2) is 29.5 Å². The molecule has 0 saturated carbocycles. The van der Waals surface area contributed by atoms with Crippen LogP contribution in [0.3, 0.4) is 0 Å². The summed E-state index contributed by atoms with van der Waals surface area (Å²) in [5.41, 5.74) is 0.569. The van der Waals surface area contributed by atoms with Crippen LogP contribution in [0.4, 0.5) is 10.5 Å². The number of nitrogens with zero attached hydrogens (tertiary/aromatic N) is 1. The molecule has 1 N–H and O–H groups in total. The first kappa shape index (κ1) is 11.8. The lowest BCUT2D eigenvalue weighted by Crippen LogP contribution is -2.34. The van der Waals surface area contributed by atoms with Gasteiger partial charge in [0.2, 0.25) is 0 Å². The second-order valence-electron chi connectivity index (χ2n) is 3.49. The number of ether oxygens (including phenoxy) is 1. The van der Waals surface area contributed by atoms with E-state index in [0.29, 0.717) is 5.69 Å². The summed E-state index contributed by atoms with van der Waals surface area (Å²) in [6, 6.07) is 8.70. The van der Waals surface area contributed by atoms with Crippen molar-refractivity contribution >= 4 is 23.6 Å². The molecule has 6 nitrogen and oxygen atoms in total. The van der Waals surface area contributed by atoms with Gasteiger partial charge in [0.15, 0.2) is 6.73 Å². The fraction of sp³-hybridized carbons (Fsp3) is 0.0833. The number of para-hydroxylation sites is 1. The molecule has 1 aromatic rings. The van der Waals surface area contributed by atoms with Crippen molar-refractivity contribution in [3.63, 3.8) is 0 Å². The SMILES string of the molecule is O=C(Nc1ccccc1)OCN1C(=O)C=CC1=O. The van der Waals surface area contributed by atoms with Gasteiger partial charge < -0.3 is 4.74 Å². The van der Waals surface area contributed by atoms with Crippen molar-refractivity contribution in [1.82, 2.24) is 4.90 Å². The molecule has 0 aliphatic carbocycles. The van der Waals surface area contributed by atoms with Crippen LogP contribution in [0.2, 0.25) is 0 Å². The molecule has 0 atom stereocenters. The second kappa shape index (κ2) is 5.13. The molecule has 1 aliphatic rings. The molecule has 92 valence electrons. The molecule has 0 unspecified atom stereocenters. The molecular weight excluding hydrogens is 236 g/mol. The highest BCUT2D eigenvalue weighted by molar-refractivity contribution is 6.12. The highest BCUT2D eigenvalue weighted by Crippen LogP contribution is 2.07. The maximum atomic E-state index is 11.4. The summed E-state index contributed by atoms with van der Waals surface area (Å²) in [4.78, 5) is 34.5. The van der Waals surface area contributed by atoms with Crippen molar-refractivity contribution < 1.29 is 19.1 Å². The first-order valence-corrected chi connectivity index (χ1v) is 5.19. The van der Waals surface area contributed by atoms with Gasteiger partial charge in [0.25, 0.3) is 11.8 Å². The van der Waals surface area contributed by atoms with Gasteiger partial charge in [-0.15, -0.1) is 0 Å². The van der Waals surface area contributed by atoms with Crippen LogP contribution in [0.25, 0.3) is 0 Å². The number of hydrogen-bond acceptors (Lipinski definition) is 4. The third-order valence-corrected chi connectivity index (χ3v) is 2.25. The van der Waals surface area contributed by atoms with Crippen molar-refractivity contribution in [3.05, 3.63) is 42.5 Å². The summed E-state index contributed by atoms with van der Waals surface area (Å²) >= 11 is 0. The molecule has 0 radical (unpaired) electrons. The maximum absolute atomic E-state index is 11.4. The maximum Gasteiger partial charge on any atom is 0.413 e. The summed E-state index contributed by atoms with van der Waals surface area (Å²) in [6.45, 7) is -0.399. The molecule has 3 amide bonds. The molecule has 0 saturated heterocycles. The van der Waals surface area contributed by atoms with E-state index in [-0.39, 0.29) is 0 Å². The Morgan fingerprint density at radius 1 is 1.11 bits per heavy atom. The van der Waals surface area contributed by atoms with Crippen molar-refractivity contribution in [3.8, 4) is 0 Å². The fourth-order valence-electron chi connectivity index (χ4n) is 1.36. The predicted octanol–water partition coefficient (Wildman–Crippen LogP) is 1.12. The number of carbonyl (C=O) groups is 3. The van der Waals surface area contributed by atoms with Gasteiger partial charge in [-0.2, -0.15) is 0 Å². The van der Waals surface area contributed by atoms with E-state index in [1.165, 1.54) is 0 Å². The van der Waals surface area contributed by atoms with E-state index in [0.717, 1.165) is 17.1 Å². The number of carbonyl (C=O) groups excluding carboxylic acids is 3. The molecule has 1 aliphatic heterocycles. The van der Waals surface area contributed by atoms with E-state index in [2.05, 4.69) is 5.32 Å². The largest absolute Gasteiger partial charge is 0.427 e. The molecule has 0 fully saturated rings. The van der Waals surface area contributed by atoms with Crippen LogP contribution in [0.15, 0.2) is 42.5 Å². The molecule has 0 aromatic heterocycles. The van der Waals surface area contributed by atoms with Crippen LogP contribution >= 0.6 is 0 Å². The number of benzene rings is 1. The topological polar surface area (TPSA) is 75.7 Å². The Labute approximate surface area is 103 Å². The van der Waals surface area contributed by atoms with Crippen LogP contribution in [0.1, 0.15) is 0 Å². The zero-order chi connectivity index (χ0) is 13.0. The van der Waals surface area contributed by atoms with Crippen molar-refractivity contribution in [2.75, 3.05) is 12.0 Å². The molecule has 1 aromatic carbocycles. The molecule has 18 heavy (non-hydrogen) atoms. The van der Waals surface area contributed by atoms with Gasteiger partial charge in [-0.1, -0.05) is 18.2 Å². The smallest absolute Gasteiger partial charge is 0.413 e. The average molecular weight is 246 g/mol. The Kier molecular flexibility index (Phi) is 3.38. The first-order chi connectivity index (χ1) is 8.66. The Balaban J connectivity index is 1.82. The quantitative estimate of drug-likeness (QED) is 0.811. The third kappa shape index (κ3) is 2.73. The number of anilines is 1. The summed E-state index contributed by atoms with van der Waals surface area (Å²) in [5.74, 6) is -0.986. The zero-order valence-corrected chi connectivity index (χ0v) is 9.33. The Hall–Kier alpha value is -2.63. The van der Waals surface area contributed by atoms with Gasteiger partial charge in [-0.3, -0.25) is 14.9 Å². The molecule has 0 spiro atoms. The minimum atomic E-state index is -0.728. The number of rotatable bonds is 3. The molecule has 1 heterocycles. The van der Waals surface area contributed by atoms with Crippen molar-refractivity contribution in [2.45, 2.75) is 0 Å². The van der Waals surface area contributed by atoms with Crippen molar-refractivity contribution in [2.24, 2.45) is 0 Å². The van der Waals surface area contributed by atoms with Crippen LogP contribution in [-0.2, 0) is 14.3 Å². The van der Waals surface area contributed by atoms with E-state index < -0.39 is 24.6 Å². The lowest BCUT2D eigenvalue weighted by atomic mass is 10.3. The standard InChI is InChI=1S/C12H10N2O4/c15-10-6-7-11(16)14(10)8-18-12(17)13-9-4-2-1-3-5-9/h1-7H,8H2,(H,13,17). The lowest BCUT2D eigenvalue weighted by Gasteiger charge is -2.14. The second-order valence-corrected chi connectivity index (χ2v) is 3.49. The zero-order valence-electron chi connectivity index (χ0n) is 9.33. The minimum Gasteiger partial charge on any atom is -0.427 e. The Morgan fingerprint density at radius 3 is 2.33 bits per heavy atom. The van der Waals surface area contributed by atoms with E-state index in [9.17, 15) is 14.4 Å². The van der Waals surface area contributed by atoms with Crippen LogP contribution in [0.5, 0.6) is 0 Å². The summed E-state index contributed by atoms with van der Waals surface area (Å²) in [7, 11) is 0. The minimum absolute atomic E-state index is 0.399. The molecule has 0 bridgehead atoms. The number of hydrogen-bond donors (Lipinski definition) is 1. The number of nitrogens with one attached hydrogen (secondary N) is 1. The highest BCUT2D eigenvalue weighted by atomic mass is 16.6. The van der Waals surface area contributed by atoms with Gasteiger partial charge in [0.05, 0.1) is 0 Å². The van der Waals surface area contributed by atoms with Gasteiger partial charge in [0.1, 0.15) is 0 Å². The van der Waals surface area contributed by atoms with E-state index in [1.807, 2.05) is 6.07 Å². The van der Waals surface area contributed by atoms with Gasteiger partial charge in [0, 0.05) is 17.8 Å². The summed E-state index contributed by atoms with van der Waals surface area (Å²) in [5, 5.41) is 2.46. The normalized spacial score (nSPS) is 13.9. The Bertz CT molecular complexity index is 492. The van der Waals surface area contributed by atoms with E-state index in [1.54, 1.807) is 24.3 Å². The summed E-state index contributed by atoms with van der Waals surface area (Å²) in [6.07, 6.45) is 1.52. The predicted molar refractivity (Wildman–Crippen MR) is 62.4 cm³/mol. The number of imide groups is 1. The molecular formula is C12H10N2O4. The van der Waals surface area contributed by atoms with Gasteiger partial charge in [-0.25, -0.2) is 9.69 Å². The average Bonchev–Trinajstić information content (AvgIpc) is 2.68. The summed E-state index contributed by atoms with van der Waals surface area (Å²) < 4.78 is 4.76. The fourth-order valence-corrected chi connectivity index (χ4v) is 1.36. The van der Waals surface area contributed by atoms with E-state index >= 15 is 0 Å². The Morgan fingerprint density at radius 2 is 1.72 bits per heavy atom. The van der Waals surface area contributed by atoms with E-state index in [4.69, 9.17) is 4.74 Å². The number of amides is 3. The van der Waals surface area contributed by atoms with Gasteiger partial charge in [-0.05, 0) is 12.1 Å². The molecule has 6 heteroatoms. The van der Waals surface area contributed by atoms with Crippen molar-refractivity contribution in [1.29, 1.82) is 0 Å². The van der Waals surface area contributed by atoms with Crippen LogP contribution < -0.4 is 5.32 Å². The third-order valence-electron chi connectivity index (χ3n) is 2.25. The molecule has 2 rings (SSSR count). The van der Waals surface area contributed by atoms with Gasteiger partial charge >= 0.3 is 6.09 Å².